The molecule has 34 heavy (non-hydrogen) atoms. The highest BCUT2D eigenvalue weighted by Gasteiger charge is 2.15. The number of aromatic nitrogens is 4. The quantitative estimate of drug-likeness (QED) is 0.250. The van der Waals surface area contributed by atoms with E-state index in [9.17, 15) is 4.79 Å². The Hall–Kier alpha value is -4.04. The fourth-order valence-corrected chi connectivity index (χ4v) is 3.88. The predicted molar refractivity (Wildman–Crippen MR) is 135 cm³/mol. The van der Waals surface area contributed by atoms with Crippen LogP contribution in [0.3, 0.4) is 0 Å². The van der Waals surface area contributed by atoms with E-state index in [1.807, 2.05) is 55.5 Å². The first-order chi connectivity index (χ1) is 16.4. The van der Waals surface area contributed by atoms with Gasteiger partial charge in [0.1, 0.15) is 5.52 Å². The third-order valence-corrected chi connectivity index (χ3v) is 5.65. The number of H-pyrrole nitrogens is 1. The van der Waals surface area contributed by atoms with Gasteiger partial charge in [0, 0.05) is 12.5 Å². The molecule has 2 heterocycles. The molecule has 2 aromatic heterocycles. The molecule has 0 saturated carbocycles. The molecule has 0 spiro atoms. The number of nitrogens with two attached hydrogens (primary N) is 1. The first-order valence-electron chi connectivity index (χ1n) is 11.1. The average Bonchev–Trinajstić information content (AvgIpc) is 3.16. The van der Waals surface area contributed by atoms with Gasteiger partial charge < -0.3 is 9.82 Å². The summed E-state index contributed by atoms with van der Waals surface area (Å²) in [5.41, 5.74) is 5.73. The summed E-state index contributed by atoms with van der Waals surface area (Å²) in [7, 11) is 0. The van der Waals surface area contributed by atoms with Gasteiger partial charge in [-0.05, 0) is 29.5 Å². The Morgan fingerprint density at radius 2 is 1.94 bits per heavy atom. The van der Waals surface area contributed by atoms with Crippen molar-refractivity contribution in [1.82, 2.24) is 19.5 Å². The number of nitrogens with one attached hydrogen (secondary N) is 1. The van der Waals surface area contributed by atoms with Gasteiger partial charge in [-0.1, -0.05) is 68.5 Å². The Morgan fingerprint density at radius 3 is 2.62 bits per heavy atom. The maximum atomic E-state index is 12.7. The van der Waals surface area contributed by atoms with Gasteiger partial charge in [0.2, 0.25) is 5.90 Å². The zero-order valence-corrected chi connectivity index (χ0v) is 19.7. The van der Waals surface area contributed by atoms with Gasteiger partial charge in [-0.25, -0.2) is 19.8 Å². The molecule has 0 aliphatic carbocycles. The highest BCUT2D eigenvalue weighted by molar-refractivity contribution is 5.81. The van der Waals surface area contributed by atoms with Gasteiger partial charge in [0.15, 0.2) is 11.5 Å². The molecule has 0 unspecified atom stereocenters. The molecule has 8 heteroatoms. The number of aliphatic imine (C=N–C) groups is 1. The number of imidazole rings is 1. The second-order valence-corrected chi connectivity index (χ2v) is 8.31. The van der Waals surface area contributed by atoms with E-state index in [1.54, 1.807) is 17.7 Å². The molecule has 8 nitrogen and oxygen atoms in total. The minimum atomic E-state index is -0.225. The summed E-state index contributed by atoms with van der Waals surface area (Å²) in [4.78, 5) is 33.9. The van der Waals surface area contributed by atoms with Crippen LogP contribution in [0.1, 0.15) is 50.3 Å². The third-order valence-electron chi connectivity index (χ3n) is 5.65. The van der Waals surface area contributed by atoms with Crippen LogP contribution in [0.4, 0.5) is 0 Å². The van der Waals surface area contributed by atoms with E-state index in [2.05, 4.69) is 39.7 Å². The molecular formula is C26H28N6O2. The second-order valence-electron chi connectivity index (χ2n) is 8.31. The van der Waals surface area contributed by atoms with Crippen molar-refractivity contribution in [3.05, 3.63) is 88.0 Å². The van der Waals surface area contributed by atoms with E-state index >= 15 is 0 Å². The van der Waals surface area contributed by atoms with Crippen LogP contribution in [0.15, 0.2) is 70.6 Å². The Kier molecular flexibility index (Phi) is 6.70. The SMILES string of the molecule is C/C=C(\N=C(C)ON)c1ccc(Cn2c(=O)[nH]c3cnc(-c4ccccc4C(C)C)nc32)cc1. The summed E-state index contributed by atoms with van der Waals surface area (Å²) >= 11 is 0. The third kappa shape index (κ3) is 4.67. The fraction of sp³-hybridized carbons (Fsp3) is 0.231. The van der Waals surface area contributed by atoms with Crippen LogP contribution in [0, 0.1) is 0 Å². The molecule has 3 N–H and O–H groups in total. The molecule has 0 radical (unpaired) electrons. The molecule has 174 valence electrons. The Bertz CT molecular complexity index is 1430. The van der Waals surface area contributed by atoms with E-state index in [0.29, 0.717) is 35.3 Å². The monoisotopic (exact) mass is 456 g/mol. The Morgan fingerprint density at radius 1 is 1.21 bits per heavy atom. The number of allylic oxidation sites excluding steroid dienone is 1. The first-order valence-corrected chi connectivity index (χ1v) is 11.1. The molecule has 0 saturated heterocycles. The highest BCUT2D eigenvalue weighted by atomic mass is 16.6. The lowest BCUT2D eigenvalue weighted by Gasteiger charge is -2.11. The Balaban J connectivity index is 1.69. The minimum Gasteiger partial charge on any atom is -0.396 e. The lowest BCUT2D eigenvalue weighted by molar-refractivity contribution is 0.318. The lowest BCUT2D eigenvalue weighted by atomic mass is 9.97. The van der Waals surface area contributed by atoms with Crippen LogP contribution >= 0.6 is 0 Å². The molecule has 0 atom stereocenters. The standard InChI is InChI=1S/C26H28N6O2/c1-5-22(29-17(4)34-27)19-12-10-18(11-13-19)15-32-25-23(30-26(32)33)14-28-24(31-25)21-9-7-6-8-20(21)16(2)3/h5-14,16H,15,27H2,1-4H3,(H,30,33)/b22-5-,29-17?. The number of benzene rings is 2. The topological polar surface area (TPSA) is 111 Å². The van der Waals surface area contributed by atoms with Crippen LogP contribution < -0.4 is 11.6 Å². The molecular weight excluding hydrogens is 428 g/mol. The number of hydrogen-bond donors (Lipinski definition) is 2. The molecule has 4 rings (SSSR count). The molecule has 4 aromatic rings. The van der Waals surface area contributed by atoms with E-state index in [4.69, 9.17) is 10.9 Å². The van der Waals surface area contributed by atoms with Crippen molar-refractivity contribution in [1.29, 1.82) is 0 Å². The van der Waals surface area contributed by atoms with Gasteiger partial charge in [-0.2, -0.15) is 5.90 Å². The summed E-state index contributed by atoms with van der Waals surface area (Å²) in [6, 6.07) is 15.9. The minimum absolute atomic E-state index is 0.225. The summed E-state index contributed by atoms with van der Waals surface area (Å²) in [6.45, 7) is 8.25. The summed E-state index contributed by atoms with van der Waals surface area (Å²) in [5.74, 6) is 6.48. The van der Waals surface area contributed by atoms with E-state index in [0.717, 1.165) is 22.4 Å². The number of rotatable bonds is 6. The van der Waals surface area contributed by atoms with Crippen molar-refractivity contribution in [3.8, 4) is 11.4 Å². The van der Waals surface area contributed by atoms with Gasteiger partial charge >= 0.3 is 5.69 Å². The van der Waals surface area contributed by atoms with Crippen molar-refractivity contribution in [2.45, 2.75) is 40.2 Å². The molecule has 2 aromatic carbocycles. The number of nitrogens with zero attached hydrogens (tertiary/aromatic N) is 4. The van der Waals surface area contributed by atoms with Crippen molar-refractivity contribution in [2.75, 3.05) is 0 Å². The largest absolute Gasteiger partial charge is 0.396 e. The van der Waals surface area contributed by atoms with Gasteiger partial charge in [-0.15, -0.1) is 0 Å². The zero-order chi connectivity index (χ0) is 24.2. The van der Waals surface area contributed by atoms with Gasteiger partial charge in [0.25, 0.3) is 0 Å². The molecule has 0 aliphatic rings. The fourth-order valence-electron chi connectivity index (χ4n) is 3.88. The number of hydrogen-bond acceptors (Lipinski definition) is 6. The highest BCUT2D eigenvalue weighted by Crippen LogP contribution is 2.27. The van der Waals surface area contributed by atoms with Crippen molar-refractivity contribution < 1.29 is 4.84 Å². The smallest absolute Gasteiger partial charge is 0.328 e. The average molecular weight is 457 g/mol. The number of fused-ring (bicyclic) bond motifs is 1. The van der Waals surface area contributed by atoms with Gasteiger partial charge in [0.05, 0.1) is 18.4 Å². The molecule has 0 fully saturated rings. The summed E-state index contributed by atoms with van der Waals surface area (Å²) in [5, 5.41) is 0. The Labute approximate surface area is 197 Å². The summed E-state index contributed by atoms with van der Waals surface area (Å²) in [6.07, 6.45) is 3.56. The maximum Gasteiger partial charge on any atom is 0.328 e. The van der Waals surface area contributed by atoms with Crippen LogP contribution in [0.5, 0.6) is 0 Å². The lowest BCUT2D eigenvalue weighted by Crippen LogP contribution is -2.17. The predicted octanol–water partition coefficient (Wildman–Crippen LogP) is 4.63. The van der Waals surface area contributed by atoms with E-state index in [1.165, 1.54) is 5.56 Å². The number of aromatic amines is 1. The molecule has 0 aliphatic heterocycles. The van der Waals surface area contributed by atoms with Crippen LogP contribution in [-0.4, -0.2) is 25.4 Å². The van der Waals surface area contributed by atoms with E-state index in [-0.39, 0.29) is 5.69 Å². The van der Waals surface area contributed by atoms with Crippen molar-refractivity contribution in [3.63, 3.8) is 0 Å². The second kappa shape index (κ2) is 9.84. The summed E-state index contributed by atoms with van der Waals surface area (Å²) < 4.78 is 1.63. The van der Waals surface area contributed by atoms with Crippen LogP contribution in [-0.2, 0) is 11.4 Å². The first kappa shape index (κ1) is 23.1. The molecule has 0 bridgehead atoms. The maximum absolute atomic E-state index is 12.7. The van der Waals surface area contributed by atoms with Crippen molar-refractivity contribution >= 4 is 22.8 Å². The zero-order valence-electron chi connectivity index (χ0n) is 19.7. The van der Waals surface area contributed by atoms with Crippen molar-refractivity contribution in [2.24, 2.45) is 10.9 Å². The van der Waals surface area contributed by atoms with Crippen LogP contribution in [0.2, 0.25) is 0 Å². The normalized spacial score (nSPS) is 12.5. The van der Waals surface area contributed by atoms with Gasteiger partial charge in [-0.3, -0.25) is 4.57 Å². The van der Waals surface area contributed by atoms with E-state index < -0.39 is 0 Å². The van der Waals surface area contributed by atoms with Crippen LogP contribution in [0.25, 0.3) is 28.2 Å². The molecule has 0 amide bonds.